The molecule has 2 aromatic rings. The molecule has 0 spiro atoms. The summed E-state index contributed by atoms with van der Waals surface area (Å²) in [6.07, 6.45) is 1.79. The molecule has 0 aliphatic carbocycles. The van der Waals surface area contributed by atoms with E-state index in [-0.39, 0.29) is 0 Å². The Balaban J connectivity index is 2.77. The molecule has 0 aliphatic heterocycles. The highest BCUT2D eigenvalue weighted by molar-refractivity contribution is 5.93. The lowest BCUT2D eigenvalue weighted by Gasteiger charge is -2.13. The molecular formula is C11H12N3. The number of pyridine rings is 1. The molecule has 14 heavy (non-hydrogen) atoms. The van der Waals surface area contributed by atoms with Crippen LogP contribution in [-0.4, -0.2) is 19.1 Å². The minimum absolute atomic E-state index is 0.522. The van der Waals surface area contributed by atoms with Crippen molar-refractivity contribution in [3.8, 4) is 0 Å². The van der Waals surface area contributed by atoms with Gasteiger partial charge in [0.05, 0.1) is 5.69 Å². The van der Waals surface area contributed by atoms with Crippen LogP contribution in [0.25, 0.3) is 10.8 Å². The molecule has 0 saturated carbocycles. The van der Waals surface area contributed by atoms with Gasteiger partial charge in [0, 0.05) is 25.7 Å². The summed E-state index contributed by atoms with van der Waals surface area (Å²) >= 11 is 0. The van der Waals surface area contributed by atoms with Gasteiger partial charge in [-0.15, -0.1) is 0 Å². The number of nitrogens with one attached hydrogen (secondary N) is 1. The van der Waals surface area contributed by atoms with E-state index in [4.69, 9.17) is 5.73 Å². The van der Waals surface area contributed by atoms with E-state index >= 15 is 0 Å². The van der Waals surface area contributed by atoms with Crippen LogP contribution in [0.1, 0.15) is 0 Å². The Labute approximate surface area is 83.2 Å². The van der Waals surface area contributed by atoms with Crippen molar-refractivity contribution in [2.75, 3.05) is 19.0 Å². The van der Waals surface area contributed by atoms with Crippen molar-refractivity contribution >= 4 is 22.3 Å². The Morgan fingerprint density at radius 3 is 2.71 bits per heavy atom. The first-order valence-electron chi connectivity index (χ1n) is 4.46. The van der Waals surface area contributed by atoms with Gasteiger partial charge in [-0.3, -0.25) is 0 Å². The third-order valence-corrected chi connectivity index (χ3v) is 2.17. The Hall–Kier alpha value is -1.77. The van der Waals surface area contributed by atoms with E-state index in [1.165, 1.54) is 0 Å². The quantitative estimate of drug-likeness (QED) is 0.685. The van der Waals surface area contributed by atoms with E-state index in [2.05, 4.69) is 4.98 Å². The van der Waals surface area contributed by atoms with Crippen molar-refractivity contribution in [3.05, 3.63) is 30.5 Å². The van der Waals surface area contributed by atoms with Gasteiger partial charge in [0.25, 0.3) is 0 Å². The van der Waals surface area contributed by atoms with Gasteiger partial charge >= 0.3 is 0 Å². The number of benzene rings is 1. The number of aromatic nitrogens is 1. The summed E-state index contributed by atoms with van der Waals surface area (Å²) < 4.78 is 0. The summed E-state index contributed by atoms with van der Waals surface area (Å²) in [7, 11) is 3.91. The number of hydrogen-bond donors (Lipinski definition) is 0. The number of rotatable bonds is 1. The van der Waals surface area contributed by atoms with E-state index in [9.17, 15) is 0 Å². The van der Waals surface area contributed by atoms with E-state index < -0.39 is 0 Å². The molecule has 2 rings (SSSR count). The predicted octanol–water partition coefficient (Wildman–Crippen LogP) is 2.22. The molecule has 0 aliphatic rings. The zero-order valence-corrected chi connectivity index (χ0v) is 8.28. The Morgan fingerprint density at radius 2 is 2.00 bits per heavy atom. The highest BCUT2D eigenvalue weighted by Crippen LogP contribution is 2.25. The van der Waals surface area contributed by atoms with Crippen molar-refractivity contribution in [3.63, 3.8) is 0 Å². The molecular weight excluding hydrogens is 174 g/mol. The summed E-state index contributed by atoms with van der Waals surface area (Å²) in [5.74, 6) is 0.914. The minimum Gasteiger partial charge on any atom is -0.362 e. The fourth-order valence-electron chi connectivity index (χ4n) is 1.51. The largest absolute Gasteiger partial charge is 0.362 e. The molecule has 3 nitrogen and oxygen atoms in total. The second-order valence-electron chi connectivity index (χ2n) is 3.46. The molecule has 3 heteroatoms. The van der Waals surface area contributed by atoms with Gasteiger partial charge in [-0.05, 0) is 23.6 Å². The Bertz CT molecular complexity index is 463. The number of anilines is 1. The van der Waals surface area contributed by atoms with Crippen LogP contribution >= 0.6 is 0 Å². The number of fused-ring (bicyclic) bond motifs is 1. The van der Waals surface area contributed by atoms with Crippen LogP contribution in [0.15, 0.2) is 30.5 Å². The fraction of sp³-hybridized carbons (Fsp3) is 0.182. The fourth-order valence-corrected chi connectivity index (χ4v) is 1.51. The molecule has 0 unspecified atom stereocenters. The van der Waals surface area contributed by atoms with E-state index in [1.807, 2.05) is 37.2 Å². The summed E-state index contributed by atoms with van der Waals surface area (Å²) in [6, 6.07) is 7.55. The third-order valence-electron chi connectivity index (χ3n) is 2.17. The molecule has 1 aromatic carbocycles. The maximum absolute atomic E-state index is 7.57. The first-order chi connectivity index (χ1) is 6.68. The highest BCUT2D eigenvalue weighted by atomic mass is 15.1. The van der Waals surface area contributed by atoms with Gasteiger partial charge in [-0.1, -0.05) is 6.07 Å². The molecule has 0 fully saturated rings. The summed E-state index contributed by atoms with van der Waals surface area (Å²) in [4.78, 5) is 6.25. The maximum Gasteiger partial charge on any atom is 0.135 e. The molecule has 71 valence electrons. The summed E-state index contributed by atoms with van der Waals surface area (Å²) in [5.41, 5.74) is 8.09. The molecule has 1 N–H and O–H groups in total. The molecule has 0 bridgehead atoms. The number of hydrogen-bond acceptors (Lipinski definition) is 2. The van der Waals surface area contributed by atoms with Crippen LogP contribution < -0.4 is 10.6 Å². The van der Waals surface area contributed by atoms with E-state index in [0.717, 1.165) is 16.6 Å². The second kappa shape index (κ2) is 3.18. The van der Waals surface area contributed by atoms with Crippen molar-refractivity contribution in [1.82, 2.24) is 10.7 Å². The molecule has 1 heterocycles. The molecule has 0 atom stereocenters. The zero-order chi connectivity index (χ0) is 10.1. The average molecular weight is 186 g/mol. The standard InChI is InChI=1S/C11H12N3/c1-14(2)11-10-7-9(12)4-3-8(10)5-6-13-11/h3-7,12H,1-2H3. The Kier molecular flexibility index (Phi) is 2.00. The van der Waals surface area contributed by atoms with Crippen molar-refractivity contribution in [2.24, 2.45) is 0 Å². The first kappa shape index (κ1) is 8.81. The van der Waals surface area contributed by atoms with Crippen LogP contribution in [-0.2, 0) is 0 Å². The van der Waals surface area contributed by atoms with Gasteiger partial charge in [0.1, 0.15) is 5.82 Å². The summed E-state index contributed by atoms with van der Waals surface area (Å²) in [6.45, 7) is 0. The van der Waals surface area contributed by atoms with Crippen LogP contribution in [0.3, 0.4) is 0 Å². The topological polar surface area (TPSA) is 39.9 Å². The monoisotopic (exact) mass is 186 g/mol. The van der Waals surface area contributed by atoms with Crippen LogP contribution in [0.4, 0.5) is 11.5 Å². The van der Waals surface area contributed by atoms with Gasteiger partial charge in [0.2, 0.25) is 0 Å². The van der Waals surface area contributed by atoms with Gasteiger partial charge in [0.15, 0.2) is 0 Å². The van der Waals surface area contributed by atoms with E-state index in [0.29, 0.717) is 5.69 Å². The lowest BCUT2D eigenvalue weighted by Crippen LogP contribution is -2.10. The first-order valence-corrected chi connectivity index (χ1v) is 4.46. The molecule has 1 radical (unpaired) electrons. The third kappa shape index (κ3) is 1.37. The maximum atomic E-state index is 7.57. The minimum atomic E-state index is 0.522. The highest BCUT2D eigenvalue weighted by Gasteiger charge is 2.03. The number of nitrogens with zero attached hydrogens (tertiary/aromatic N) is 2. The Morgan fingerprint density at radius 1 is 1.21 bits per heavy atom. The van der Waals surface area contributed by atoms with Crippen LogP contribution in [0.5, 0.6) is 0 Å². The predicted molar refractivity (Wildman–Crippen MR) is 58.8 cm³/mol. The van der Waals surface area contributed by atoms with Crippen molar-refractivity contribution in [2.45, 2.75) is 0 Å². The second-order valence-corrected chi connectivity index (χ2v) is 3.46. The summed E-state index contributed by atoms with van der Waals surface area (Å²) in [5, 5.41) is 2.16. The van der Waals surface area contributed by atoms with Crippen molar-refractivity contribution in [1.29, 1.82) is 0 Å². The zero-order valence-electron chi connectivity index (χ0n) is 8.28. The van der Waals surface area contributed by atoms with Crippen molar-refractivity contribution < 1.29 is 0 Å². The van der Waals surface area contributed by atoms with Gasteiger partial charge in [-0.2, -0.15) is 0 Å². The van der Waals surface area contributed by atoms with E-state index in [1.54, 1.807) is 12.3 Å². The van der Waals surface area contributed by atoms with Gasteiger partial charge < -0.3 is 10.6 Å². The smallest absolute Gasteiger partial charge is 0.135 e. The molecule has 0 saturated heterocycles. The van der Waals surface area contributed by atoms with Crippen LogP contribution in [0.2, 0.25) is 0 Å². The average Bonchev–Trinajstić information content (AvgIpc) is 2.16. The molecule has 0 amide bonds. The normalized spacial score (nSPS) is 10.4. The molecule has 1 aromatic heterocycles. The SMILES string of the molecule is CN(C)c1nccc2ccc([NH])cc12. The lowest BCUT2D eigenvalue weighted by atomic mass is 10.1. The lowest BCUT2D eigenvalue weighted by molar-refractivity contribution is 1.08. The van der Waals surface area contributed by atoms with Gasteiger partial charge in [-0.25, -0.2) is 4.98 Å². The van der Waals surface area contributed by atoms with Crippen LogP contribution in [0, 0.1) is 0 Å².